The molecule has 1 aromatic carbocycles. The van der Waals surface area contributed by atoms with Crippen molar-refractivity contribution >= 4 is 11.6 Å². The summed E-state index contributed by atoms with van der Waals surface area (Å²) in [5, 5.41) is 2.79. The molecule has 0 aliphatic rings. The van der Waals surface area contributed by atoms with E-state index in [0.717, 1.165) is 5.56 Å². The number of carbonyl (C=O) groups excluding carboxylic acids is 1. The number of hydrogen-bond donors (Lipinski definition) is 1. The molecule has 0 saturated carbocycles. The third-order valence-electron chi connectivity index (χ3n) is 2.56. The van der Waals surface area contributed by atoms with Crippen LogP contribution in [0.15, 0.2) is 42.7 Å². The maximum Gasteiger partial charge on any atom is 0.224 e. The van der Waals surface area contributed by atoms with Gasteiger partial charge in [-0.25, -0.2) is 9.97 Å². The second kappa shape index (κ2) is 6.09. The first kappa shape index (κ1) is 13.2. The molecule has 0 aliphatic heterocycles. The van der Waals surface area contributed by atoms with E-state index in [0.29, 0.717) is 23.9 Å². The van der Waals surface area contributed by atoms with Crippen molar-refractivity contribution in [3.05, 3.63) is 42.7 Å². The molecule has 1 N–H and O–H groups in total. The van der Waals surface area contributed by atoms with Gasteiger partial charge in [-0.1, -0.05) is 44.2 Å². The predicted molar refractivity (Wildman–Crippen MR) is 75.6 cm³/mol. The summed E-state index contributed by atoms with van der Waals surface area (Å²) in [4.78, 5) is 20.1. The maximum atomic E-state index is 11.6. The number of aromatic nitrogens is 2. The maximum absolute atomic E-state index is 11.6. The summed E-state index contributed by atoms with van der Waals surface area (Å²) in [6.07, 6.45) is 3.77. The molecule has 0 spiro atoms. The van der Waals surface area contributed by atoms with Crippen molar-refractivity contribution in [3.8, 4) is 11.4 Å². The highest BCUT2D eigenvalue weighted by Crippen LogP contribution is 2.15. The topological polar surface area (TPSA) is 54.9 Å². The molecule has 0 bridgehead atoms. The van der Waals surface area contributed by atoms with E-state index in [1.165, 1.54) is 0 Å². The van der Waals surface area contributed by atoms with Crippen LogP contribution in [0, 0.1) is 5.92 Å². The molecule has 4 heteroatoms. The van der Waals surface area contributed by atoms with Gasteiger partial charge in [-0.2, -0.15) is 0 Å². The number of rotatable bonds is 4. The second-order valence-corrected chi connectivity index (χ2v) is 4.81. The quantitative estimate of drug-likeness (QED) is 0.913. The third-order valence-corrected chi connectivity index (χ3v) is 2.56. The number of nitrogens with one attached hydrogen (secondary N) is 1. The first-order valence-corrected chi connectivity index (χ1v) is 6.32. The van der Waals surface area contributed by atoms with Gasteiger partial charge in [0, 0.05) is 12.0 Å². The normalized spacial score (nSPS) is 10.5. The van der Waals surface area contributed by atoms with Gasteiger partial charge in [-0.05, 0) is 5.92 Å². The molecule has 2 aromatic rings. The largest absolute Gasteiger partial charge is 0.323 e. The SMILES string of the molecule is CC(C)CC(=O)Nc1cnc(-c2ccccc2)nc1. The molecule has 0 fully saturated rings. The molecule has 0 radical (unpaired) electrons. The lowest BCUT2D eigenvalue weighted by molar-refractivity contribution is -0.116. The first-order chi connectivity index (χ1) is 9.15. The van der Waals surface area contributed by atoms with Crippen LogP contribution >= 0.6 is 0 Å². The van der Waals surface area contributed by atoms with E-state index in [9.17, 15) is 4.79 Å². The van der Waals surface area contributed by atoms with Crippen LogP contribution in [-0.4, -0.2) is 15.9 Å². The van der Waals surface area contributed by atoms with Gasteiger partial charge in [-0.15, -0.1) is 0 Å². The zero-order chi connectivity index (χ0) is 13.7. The molecule has 1 heterocycles. The molecule has 0 atom stereocenters. The molecule has 2 rings (SSSR count). The highest BCUT2D eigenvalue weighted by molar-refractivity contribution is 5.90. The van der Waals surface area contributed by atoms with Gasteiger partial charge in [0.15, 0.2) is 5.82 Å². The zero-order valence-corrected chi connectivity index (χ0v) is 11.1. The monoisotopic (exact) mass is 255 g/mol. The Labute approximate surface area is 112 Å². The van der Waals surface area contributed by atoms with Crippen molar-refractivity contribution in [2.45, 2.75) is 20.3 Å². The summed E-state index contributed by atoms with van der Waals surface area (Å²) in [5.74, 6) is 0.984. The van der Waals surface area contributed by atoms with E-state index in [1.807, 2.05) is 44.2 Å². The molecule has 19 heavy (non-hydrogen) atoms. The van der Waals surface area contributed by atoms with Crippen LogP contribution in [0.4, 0.5) is 5.69 Å². The number of anilines is 1. The minimum absolute atomic E-state index is 0.00828. The van der Waals surface area contributed by atoms with Gasteiger partial charge < -0.3 is 5.32 Å². The molecule has 0 saturated heterocycles. The minimum atomic E-state index is -0.00828. The fraction of sp³-hybridized carbons (Fsp3) is 0.267. The number of hydrogen-bond acceptors (Lipinski definition) is 3. The van der Waals surface area contributed by atoms with E-state index >= 15 is 0 Å². The Balaban J connectivity index is 2.05. The lowest BCUT2D eigenvalue weighted by atomic mass is 10.1. The first-order valence-electron chi connectivity index (χ1n) is 6.32. The smallest absolute Gasteiger partial charge is 0.224 e. The Morgan fingerprint density at radius 3 is 2.37 bits per heavy atom. The molecule has 98 valence electrons. The van der Waals surface area contributed by atoms with Crippen LogP contribution in [0.2, 0.25) is 0 Å². The Bertz CT molecular complexity index is 535. The van der Waals surface area contributed by atoms with E-state index < -0.39 is 0 Å². The van der Waals surface area contributed by atoms with Crippen molar-refractivity contribution in [3.63, 3.8) is 0 Å². The number of benzene rings is 1. The number of amides is 1. The second-order valence-electron chi connectivity index (χ2n) is 4.81. The average Bonchev–Trinajstić information content (AvgIpc) is 2.39. The van der Waals surface area contributed by atoms with E-state index in [-0.39, 0.29) is 5.91 Å². The zero-order valence-electron chi connectivity index (χ0n) is 11.1. The van der Waals surface area contributed by atoms with Crippen LogP contribution in [-0.2, 0) is 4.79 Å². The molecule has 0 aliphatic carbocycles. The molecular formula is C15H17N3O. The Morgan fingerprint density at radius 1 is 1.16 bits per heavy atom. The van der Waals surface area contributed by atoms with Crippen molar-refractivity contribution in [2.24, 2.45) is 5.92 Å². The summed E-state index contributed by atoms with van der Waals surface area (Å²) in [6, 6.07) is 9.73. The predicted octanol–water partition coefficient (Wildman–Crippen LogP) is 3.13. The lowest BCUT2D eigenvalue weighted by Gasteiger charge is -2.07. The Morgan fingerprint density at radius 2 is 1.79 bits per heavy atom. The molecule has 1 aromatic heterocycles. The van der Waals surface area contributed by atoms with Crippen LogP contribution < -0.4 is 5.32 Å². The average molecular weight is 255 g/mol. The van der Waals surface area contributed by atoms with Crippen molar-refractivity contribution in [2.75, 3.05) is 5.32 Å². The van der Waals surface area contributed by atoms with Gasteiger partial charge in [0.2, 0.25) is 5.91 Å². The number of nitrogens with zero attached hydrogens (tertiary/aromatic N) is 2. The standard InChI is InChI=1S/C15H17N3O/c1-11(2)8-14(19)18-13-9-16-15(17-10-13)12-6-4-3-5-7-12/h3-7,9-11H,8H2,1-2H3,(H,18,19). The minimum Gasteiger partial charge on any atom is -0.323 e. The molecule has 0 unspecified atom stereocenters. The Hall–Kier alpha value is -2.23. The highest BCUT2D eigenvalue weighted by Gasteiger charge is 2.06. The van der Waals surface area contributed by atoms with Gasteiger partial charge in [-0.3, -0.25) is 4.79 Å². The fourth-order valence-electron chi connectivity index (χ4n) is 1.71. The van der Waals surface area contributed by atoms with Crippen LogP contribution in [0.3, 0.4) is 0 Å². The summed E-state index contributed by atoms with van der Waals surface area (Å²) in [7, 11) is 0. The van der Waals surface area contributed by atoms with E-state index in [4.69, 9.17) is 0 Å². The molecular weight excluding hydrogens is 238 g/mol. The van der Waals surface area contributed by atoms with Crippen LogP contribution in [0.5, 0.6) is 0 Å². The summed E-state index contributed by atoms with van der Waals surface area (Å²) >= 11 is 0. The third kappa shape index (κ3) is 3.88. The number of carbonyl (C=O) groups is 1. The van der Waals surface area contributed by atoms with Gasteiger partial charge in [0.25, 0.3) is 0 Å². The van der Waals surface area contributed by atoms with Gasteiger partial charge in [0.1, 0.15) is 0 Å². The Kier molecular flexibility index (Phi) is 4.23. The van der Waals surface area contributed by atoms with Gasteiger partial charge >= 0.3 is 0 Å². The van der Waals surface area contributed by atoms with Crippen molar-refractivity contribution in [1.82, 2.24) is 9.97 Å². The van der Waals surface area contributed by atoms with Crippen molar-refractivity contribution < 1.29 is 4.79 Å². The summed E-state index contributed by atoms with van der Waals surface area (Å²) in [5.41, 5.74) is 1.59. The van der Waals surface area contributed by atoms with Gasteiger partial charge in [0.05, 0.1) is 18.1 Å². The lowest BCUT2D eigenvalue weighted by Crippen LogP contribution is -2.14. The summed E-state index contributed by atoms with van der Waals surface area (Å²) in [6.45, 7) is 4.02. The van der Waals surface area contributed by atoms with Crippen LogP contribution in [0.1, 0.15) is 20.3 Å². The highest BCUT2D eigenvalue weighted by atomic mass is 16.1. The van der Waals surface area contributed by atoms with Crippen molar-refractivity contribution in [1.29, 1.82) is 0 Å². The fourth-order valence-corrected chi connectivity index (χ4v) is 1.71. The molecule has 4 nitrogen and oxygen atoms in total. The molecule has 1 amide bonds. The van der Waals surface area contributed by atoms with E-state index in [2.05, 4.69) is 15.3 Å². The van der Waals surface area contributed by atoms with E-state index in [1.54, 1.807) is 12.4 Å². The summed E-state index contributed by atoms with van der Waals surface area (Å²) < 4.78 is 0. The van der Waals surface area contributed by atoms with Crippen LogP contribution in [0.25, 0.3) is 11.4 Å².